The smallest absolute Gasteiger partial charge is 0.220 e. The van der Waals surface area contributed by atoms with Gasteiger partial charge >= 0.3 is 0 Å². The summed E-state index contributed by atoms with van der Waals surface area (Å²) in [7, 11) is 1.63. The van der Waals surface area contributed by atoms with Crippen molar-refractivity contribution >= 4 is 5.91 Å². The Morgan fingerprint density at radius 3 is 2.67 bits per heavy atom. The third-order valence-corrected chi connectivity index (χ3v) is 5.00. The quantitative estimate of drug-likeness (QED) is 0.386. The van der Waals surface area contributed by atoms with E-state index in [2.05, 4.69) is 15.3 Å². The fraction of sp³-hybridized carbons (Fsp3) is 0.192. The number of carbonyl (C=O) groups excluding carboxylic acids is 1. The van der Waals surface area contributed by atoms with Crippen molar-refractivity contribution in [1.29, 1.82) is 0 Å². The molecule has 2 aromatic carbocycles. The summed E-state index contributed by atoms with van der Waals surface area (Å²) in [5, 5.41) is 2.93. The standard InChI is InChI=1S/C26H25N3O4/c1-31-22-10-8-20(9-11-22)24-17-29-26(33-24)13-12-25(30)28-16-19-5-4-7-23(15-19)32-18-21-6-2-3-14-27-21/h2-11,14-15,17H,12-13,16,18H2,1H3,(H,28,30). The van der Waals surface area contributed by atoms with Gasteiger partial charge < -0.3 is 19.2 Å². The Balaban J connectivity index is 1.23. The van der Waals surface area contributed by atoms with Gasteiger partial charge in [-0.3, -0.25) is 9.78 Å². The fourth-order valence-electron chi connectivity index (χ4n) is 3.21. The molecular formula is C26H25N3O4. The number of carbonyl (C=O) groups is 1. The van der Waals surface area contributed by atoms with Crippen molar-refractivity contribution in [3.63, 3.8) is 0 Å². The highest BCUT2D eigenvalue weighted by molar-refractivity contribution is 5.76. The van der Waals surface area contributed by atoms with Crippen LogP contribution in [0.25, 0.3) is 11.3 Å². The molecule has 0 spiro atoms. The van der Waals surface area contributed by atoms with E-state index in [0.29, 0.717) is 37.6 Å². The highest BCUT2D eigenvalue weighted by Gasteiger charge is 2.10. The van der Waals surface area contributed by atoms with Crippen molar-refractivity contribution in [2.24, 2.45) is 0 Å². The van der Waals surface area contributed by atoms with Gasteiger partial charge in [0.05, 0.1) is 19.0 Å². The number of aryl methyl sites for hydroxylation is 1. The highest BCUT2D eigenvalue weighted by atomic mass is 16.5. The number of methoxy groups -OCH3 is 1. The average Bonchev–Trinajstić information content (AvgIpc) is 3.35. The Hall–Kier alpha value is -4.13. The fourth-order valence-corrected chi connectivity index (χ4v) is 3.21. The minimum atomic E-state index is -0.0704. The molecule has 0 bridgehead atoms. The molecule has 0 atom stereocenters. The zero-order valence-electron chi connectivity index (χ0n) is 18.4. The summed E-state index contributed by atoms with van der Waals surface area (Å²) in [6.07, 6.45) is 4.13. The number of aromatic nitrogens is 2. The maximum Gasteiger partial charge on any atom is 0.220 e. The predicted molar refractivity (Wildman–Crippen MR) is 124 cm³/mol. The Morgan fingerprint density at radius 2 is 1.88 bits per heavy atom. The van der Waals surface area contributed by atoms with E-state index in [4.69, 9.17) is 13.9 Å². The van der Waals surface area contributed by atoms with E-state index in [1.807, 2.05) is 66.7 Å². The number of oxazole rings is 1. The molecule has 0 aliphatic carbocycles. The van der Waals surface area contributed by atoms with E-state index in [9.17, 15) is 4.79 Å². The van der Waals surface area contributed by atoms with Crippen molar-refractivity contribution < 1.29 is 18.7 Å². The SMILES string of the molecule is COc1ccc(-c2cnc(CCC(=O)NCc3cccc(OCc4ccccn4)c3)o2)cc1. The van der Waals surface area contributed by atoms with Crippen LogP contribution < -0.4 is 14.8 Å². The Kier molecular flexibility index (Phi) is 7.33. The summed E-state index contributed by atoms with van der Waals surface area (Å²) in [5.41, 5.74) is 2.72. The molecule has 4 rings (SSSR count). The zero-order chi connectivity index (χ0) is 22.9. The number of amides is 1. The molecule has 1 amide bonds. The first-order chi connectivity index (χ1) is 16.2. The van der Waals surface area contributed by atoms with E-state index < -0.39 is 0 Å². The topological polar surface area (TPSA) is 86.5 Å². The molecule has 7 heteroatoms. The third-order valence-electron chi connectivity index (χ3n) is 5.00. The van der Waals surface area contributed by atoms with Crippen LogP contribution in [0.1, 0.15) is 23.6 Å². The molecule has 0 saturated carbocycles. The van der Waals surface area contributed by atoms with Crippen LogP contribution in [0.2, 0.25) is 0 Å². The van der Waals surface area contributed by atoms with Gasteiger partial charge in [-0.05, 0) is 54.1 Å². The first-order valence-electron chi connectivity index (χ1n) is 10.7. The van der Waals surface area contributed by atoms with E-state index in [1.54, 1.807) is 19.5 Å². The van der Waals surface area contributed by atoms with Crippen molar-refractivity contribution in [3.05, 3.63) is 96.3 Å². The van der Waals surface area contributed by atoms with Crippen LogP contribution in [0.3, 0.4) is 0 Å². The molecule has 2 heterocycles. The first-order valence-corrected chi connectivity index (χ1v) is 10.7. The largest absolute Gasteiger partial charge is 0.497 e. The van der Waals surface area contributed by atoms with Crippen molar-refractivity contribution in [3.8, 4) is 22.8 Å². The molecule has 33 heavy (non-hydrogen) atoms. The predicted octanol–water partition coefficient (Wildman–Crippen LogP) is 4.57. The molecule has 0 fully saturated rings. The molecule has 0 aliphatic heterocycles. The van der Waals surface area contributed by atoms with E-state index in [0.717, 1.165) is 28.3 Å². The maximum absolute atomic E-state index is 12.3. The van der Waals surface area contributed by atoms with Crippen molar-refractivity contribution in [2.75, 3.05) is 7.11 Å². The lowest BCUT2D eigenvalue weighted by atomic mass is 10.2. The molecule has 7 nitrogen and oxygen atoms in total. The monoisotopic (exact) mass is 443 g/mol. The number of nitrogens with zero attached hydrogens (tertiary/aromatic N) is 2. The summed E-state index contributed by atoms with van der Waals surface area (Å²) < 4.78 is 16.7. The van der Waals surface area contributed by atoms with Crippen LogP contribution >= 0.6 is 0 Å². The summed E-state index contributed by atoms with van der Waals surface area (Å²) in [5.74, 6) is 2.63. The van der Waals surface area contributed by atoms with Crippen LogP contribution in [-0.4, -0.2) is 23.0 Å². The Bertz CT molecular complexity index is 1170. The van der Waals surface area contributed by atoms with Crippen LogP contribution in [0, 0.1) is 0 Å². The minimum absolute atomic E-state index is 0.0704. The lowest BCUT2D eigenvalue weighted by molar-refractivity contribution is -0.121. The van der Waals surface area contributed by atoms with Gasteiger partial charge in [-0.25, -0.2) is 4.98 Å². The summed E-state index contributed by atoms with van der Waals surface area (Å²) in [4.78, 5) is 20.8. The molecule has 0 saturated heterocycles. The van der Waals surface area contributed by atoms with Crippen LogP contribution in [0.15, 0.2) is 83.5 Å². The molecule has 4 aromatic rings. The first kappa shape index (κ1) is 22.1. The van der Waals surface area contributed by atoms with Crippen LogP contribution in [0.4, 0.5) is 0 Å². The van der Waals surface area contributed by atoms with Gasteiger partial charge in [0, 0.05) is 31.1 Å². The summed E-state index contributed by atoms with van der Waals surface area (Å²) >= 11 is 0. The maximum atomic E-state index is 12.3. The minimum Gasteiger partial charge on any atom is -0.497 e. The number of pyridine rings is 1. The van der Waals surface area contributed by atoms with Gasteiger partial charge in [0.25, 0.3) is 0 Å². The molecule has 168 valence electrons. The van der Waals surface area contributed by atoms with Crippen molar-refractivity contribution in [1.82, 2.24) is 15.3 Å². The van der Waals surface area contributed by atoms with Gasteiger partial charge in [0.1, 0.15) is 18.1 Å². The van der Waals surface area contributed by atoms with Crippen LogP contribution in [-0.2, 0) is 24.4 Å². The summed E-state index contributed by atoms with van der Waals surface area (Å²) in [6, 6.07) is 20.9. The molecular weight excluding hydrogens is 418 g/mol. The average molecular weight is 444 g/mol. The normalized spacial score (nSPS) is 10.6. The number of hydrogen-bond donors (Lipinski definition) is 1. The lowest BCUT2D eigenvalue weighted by Crippen LogP contribution is -2.23. The van der Waals surface area contributed by atoms with Gasteiger partial charge in [-0.15, -0.1) is 0 Å². The third kappa shape index (κ3) is 6.43. The van der Waals surface area contributed by atoms with E-state index >= 15 is 0 Å². The number of rotatable bonds is 10. The van der Waals surface area contributed by atoms with E-state index in [1.165, 1.54) is 0 Å². The number of benzene rings is 2. The second-order valence-electron chi connectivity index (χ2n) is 7.38. The Labute approximate surface area is 192 Å². The van der Waals surface area contributed by atoms with Gasteiger partial charge in [-0.2, -0.15) is 0 Å². The Morgan fingerprint density at radius 1 is 1.00 bits per heavy atom. The molecule has 0 unspecified atom stereocenters. The molecule has 2 aromatic heterocycles. The van der Waals surface area contributed by atoms with Gasteiger partial charge in [0.2, 0.25) is 5.91 Å². The van der Waals surface area contributed by atoms with E-state index in [-0.39, 0.29) is 5.91 Å². The van der Waals surface area contributed by atoms with Crippen LogP contribution in [0.5, 0.6) is 11.5 Å². The zero-order valence-corrected chi connectivity index (χ0v) is 18.4. The second-order valence-corrected chi connectivity index (χ2v) is 7.38. The summed E-state index contributed by atoms with van der Waals surface area (Å²) in [6.45, 7) is 0.813. The number of nitrogens with one attached hydrogen (secondary N) is 1. The second kappa shape index (κ2) is 10.9. The lowest BCUT2D eigenvalue weighted by Gasteiger charge is -2.09. The highest BCUT2D eigenvalue weighted by Crippen LogP contribution is 2.23. The number of hydrogen-bond acceptors (Lipinski definition) is 6. The van der Waals surface area contributed by atoms with Gasteiger partial charge in [-0.1, -0.05) is 18.2 Å². The van der Waals surface area contributed by atoms with Crippen molar-refractivity contribution in [2.45, 2.75) is 26.0 Å². The molecule has 0 radical (unpaired) electrons. The van der Waals surface area contributed by atoms with Gasteiger partial charge in [0.15, 0.2) is 11.7 Å². The molecule has 0 aliphatic rings. The number of ether oxygens (including phenoxy) is 2. The molecule has 1 N–H and O–H groups in total.